The Balaban J connectivity index is 1.84. The van der Waals surface area contributed by atoms with Crippen LogP contribution >= 0.6 is 11.6 Å². The van der Waals surface area contributed by atoms with Gasteiger partial charge in [0.1, 0.15) is 0 Å². The number of benzene rings is 3. The zero-order valence-electron chi connectivity index (χ0n) is 15.8. The first-order valence-electron chi connectivity index (χ1n) is 9.21. The van der Waals surface area contributed by atoms with Crippen molar-refractivity contribution < 1.29 is 4.42 Å². The third kappa shape index (κ3) is 2.89. The van der Waals surface area contributed by atoms with E-state index in [1.165, 1.54) is 0 Å². The number of nitrogens with zero attached hydrogens (tertiary/aromatic N) is 2. The van der Waals surface area contributed by atoms with Gasteiger partial charge in [-0.15, -0.1) is 10.2 Å². The van der Waals surface area contributed by atoms with Crippen molar-refractivity contribution in [2.45, 2.75) is 6.92 Å². The van der Waals surface area contributed by atoms with E-state index in [4.69, 9.17) is 16.0 Å². The number of rotatable bonds is 2. The van der Waals surface area contributed by atoms with E-state index in [0.29, 0.717) is 37.8 Å². The van der Waals surface area contributed by atoms with E-state index < -0.39 is 0 Å². The van der Waals surface area contributed by atoms with E-state index in [-0.39, 0.29) is 22.8 Å². The number of H-pyrrole nitrogens is 1. The Kier molecular flexibility index (Phi) is 4.22. The van der Waals surface area contributed by atoms with Crippen molar-refractivity contribution in [2.75, 3.05) is 0 Å². The fraction of sp³-hybridized carbons (Fsp3) is 0.0435. The Morgan fingerprint density at radius 2 is 1.50 bits per heavy atom. The van der Waals surface area contributed by atoms with Gasteiger partial charge in [0, 0.05) is 10.8 Å². The highest BCUT2D eigenvalue weighted by Gasteiger charge is 2.17. The summed E-state index contributed by atoms with van der Waals surface area (Å²) in [7, 11) is 0. The molecule has 0 atom stereocenters. The molecule has 0 aliphatic rings. The molecule has 0 amide bonds. The number of aromatic amines is 1. The number of aryl methyl sites for hydroxylation is 1. The second-order valence-corrected chi connectivity index (χ2v) is 7.36. The van der Waals surface area contributed by atoms with Crippen molar-refractivity contribution in [3.63, 3.8) is 0 Å². The SMILES string of the molecule is Cc1cc(-c2nnc(-c3ccccc3Cl)o2)c2[nH]c(=O)c3ccccc3c(=O)c2c1. The Hall–Kier alpha value is -3.77. The maximum absolute atomic E-state index is 13.2. The first-order chi connectivity index (χ1) is 14.5. The molecule has 0 radical (unpaired) electrons. The maximum Gasteiger partial charge on any atom is 0.256 e. The summed E-state index contributed by atoms with van der Waals surface area (Å²) in [6.45, 7) is 1.86. The molecule has 0 fully saturated rings. The van der Waals surface area contributed by atoms with Gasteiger partial charge < -0.3 is 9.40 Å². The van der Waals surface area contributed by atoms with Gasteiger partial charge in [0.2, 0.25) is 11.8 Å². The Labute approximate surface area is 174 Å². The molecule has 0 spiro atoms. The molecule has 2 heterocycles. The molecule has 0 aliphatic heterocycles. The Morgan fingerprint density at radius 1 is 0.833 bits per heavy atom. The van der Waals surface area contributed by atoms with E-state index in [2.05, 4.69) is 15.2 Å². The van der Waals surface area contributed by atoms with Crippen molar-refractivity contribution in [1.82, 2.24) is 15.2 Å². The number of nitrogens with one attached hydrogen (secondary N) is 1. The normalized spacial score (nSPS) is 11.3. The summed E-state index contributed by atoms with van der Waals surface area (Å²) in [5.74, 6) is 0.435. The second-order valence-electron chi connectivity index (χ2n) is 6.96. The summed E-state index contributed by atoms with van der Waals surface area (Å²) in [5, 5.41) is 9.78. The van der Waals surface area contributed by atoms with Crippen LogP contribution in [0, 0.1) is 6.92 Å². The quantitative estimate of drug-likeness (QED) is 0.450. The van der Waals surface area contributed by atoms with Gasteiger partial charge >= 0.3 is 0 Å². The maximum atomic E-state index is 13.2. The van der Waals surface area contributed by atoms with Crippen LogP contribution in [0.25, 0.3) is 44.6 Å². The summed E-state index contributed by atoms with van der Waals surface area (Å²) in [6, 6.07) is 17.4. The van der Waals surface area contributed by atoms with Crippen molar-refractivity contribution in [3.8, 4) is 22.9 Å². The molecule has 3 aromatic carbocycles. The van der Waals surface area contributed by atoms with Crippen LogP contribution in [0.15, 0.2) is 74.7 Å². The number of hydrogen-bond donors (Lipinski definition) is 1. The monoisotopic (exact) mass is 415 g/mol. The van der Waals surface area contributed by atoms with E-state index in [1.807, 2.05) is 19.1 Å². The largest absolute Gasteiger partial charge is 0.416 e. The number of fused-ring (bicyclic) bond motifs is 2. The number of halogens is 1. The van der Waals surface area contributed by atoms with E-state index in [1.54, 1.807) is 48.5 Å². The fourth-order valence-corrected chi connectivity index (χ4v) is 3.77. The Morgan fingerprint density at radius 3 is 2.27 bits per heavy atom. The summed E-state index contributed by atoms with van der Waals surface area (Å²) in [6.07, 6.45) is 0. The third-order valence-corrected chi connectivity index (χ3v) is 5.27. The van der Waals surface area contributed by atoms with E-state index in [0.717, 1.165) is 5.56 Å². The molecule has 0 bridgehead atoms. The molecule has 5 rings (SSSR count). The van der Waals surface area contributed by atoms with Crippen LogP contribution in [-0.2, 0) is 0 Å². The number of hydrogen-bond acceptors (Lipinski definition) is 5. The third-order valence-electron chi connectivity index (χ3n) is 4.94. The second kappa shape index (κ2) is 6.93. The van der Waals surface area contributed by atoms with Gasteiger partial charge in [-0.2, -0.15) is 0 Å². The van der Waals surface area contributed by atoms with Crippen LogP contribution < -0.4 is 11.0 Å². The minimum Gasteiger partial charge on any atom is -0.416 e. The van der Waals surface area contributed by atoms with Crippen LogP contribution in [0.5, 0.6) is 0 Å². The van der Waals surface area contributed by atoms with E-state index in [9.17, 15) is 9.59 Å². The molecule has 146 valence electrons. The Bertz CT molecular complexity index is 1570. The topological polar surface area (TPSA) is 88.8 Å². The molecular formula is C23H14ClN3O3. The minimum atomic E-state index is -0.367. The molecule has 1 N–H and O–H groups in total. The van der Waals surface area contributed by atoms with Crippen LogP contribution in [0.2, 0.25) is 5.02 Å². The fourth-order valence-electron chi connectivity index (χ4n) is 3.55. The van der Waals surface area contributed by atoms with Gasteiger partial charge in [-0.3, -0.25) is 9.59 Å². The summed E-state index contributed by atoms with van der Waals surface area (Å²) < 4.78 is 5.88. The molecule has 2 aromatic heterocycles. The van der Waals surface area contributed by atoms with Crippen LogP contribution in [0.1, 0.15) is 5.56 Å². The highest BCUT2D eigenvalue weighted by Crippen LogP contribution is 2.31. The molecule has 0 saturated heterocycles. The predicted octanol–water partition coefficient (Wildman–Crippen LogP) is 4.72. The summed E-state index contributed by atoms with van der Waals surface area (Å²) in [4.78, 5) is 28.9. The first-order valence-corrected chi connectivity index (χ1v) is 9.59. The zero-order valence-corrected chi connectivity index (χ0v) is 16.5. The van der Waals surface area contributed by atoms with Crippen molar-refractivity contribution in [3.05, 3.63) is 91.8 Å². The number of aromatic nitrogens is 3. The molecule has 0 unspecified atom stereocenters. The molecule has 6 nitrogen and oxygen atoms in total. The smallest absolute Gasteiger partial charge is 0.256 e. The first kappa shape index (κ1) is 18.3. The van der Waals surface area contributed by atoms with Gasteiger partial charge in [0.05, 0.1) is 27.1 Å². The van der Waals surface area contributed by atoms with Gasteiger partial charge in [0.25, 0.3) is 5.56 Å². The van der Waals surface area contributed by atoms with Crippen molar-refractivity contribution in [1.29, 1.82) is 0 Å². The van der Waals surface area contributed by atoms with Crippen LogP contribution in [-0.4, -0.2) is 15.2 Å². The molecule has 0 saturated carbocycles. The summed E-state index contributed by atoms with van der Waals surface area (Å²) >= 11 is 6.24. The minimum absolute atomic E-state index is 0.184. The lowest BCUT2D eigenvalue weighted by atomic mass is 10.1. The zero-order chi connectivity index (χ0) is 20.8. The highest BCUT2D eigenvalue weighted by molar-refractivity contribution is 6.33. The van der Waals surface area contributed by atoms with Gasteiger partial charge in [0.15, 0.2) is 5.43 Å². The van der Waals surface area contributed by atoms with Gasteiger partial charge in [-0.05, 0) is 42.8 Å². The van der Waals surface area contributed by atoms with Gasteiger partial charge in [-0.1, -0.05) is 41.9 Å². The van der Waals surface area contributed by atoms with Gasteiger partial charge in [-0.25, -0.2) is 0 Å². The average molecular weight is 416 g/mol. The highest BCUT2D eigenvalue weighted by atomic mass is 35.5. The molecular weight excluding hydrogens is 402 g/mol. The van der Waals surface area contributed by atoms with Crippen molar-refractivity contribution in [2.24, 2.45) is 0 Å². The summed E-state index contributed by atoms with van der Waals surface area (Å²) in [5.41, 5.74) is 1.64. The van der Waals surface area contributed by atoms with Crippen molar-refractivity contribution >= 4 is 33.3 Å². The molecule has 5 aromatic rings. The predicted molar refractivity (Wildman–Crippen MR) is 117 cm³/mol. The lowest BCUT2D eigenvalue weighted by molar-refractivity contribution is 0.585. The standard InChI is InChI=1S/C23H14ClN3O3/c1-12-10-16-19(25-21(29)14-7-3-2-6-13(14)20(16)28)17(11-12)23-27-26-22(30-23)15-8-4-5-9-18(15)24/h2-11H,1H3,(H,25,29). The van der Waals surface area contributed by atoms with E-state index >= 15 is 0 Å². The average Bonchev–Trinajstić information content (AvgIpc) is 3.20. The lowest BCUT2D eigenvalue weighted by Crippen LogP contribution is -2.02. The van der Waals surface area contributed by atoms with Crippen LogP contribution in [0.3, 0.4) is 0 Å². The lowest BCUT2D eigenvalue weighted by Gasteiger charge is -2.02. The molecule has 30 heavy (non-hydrogen) atoms. The van der Waals surface area contributed by atoms with Crippen LogP contribution in [0.4, 0.5) is 0 Å². The molecule has 7 heteroatoms. The molecule has 0 aliphatic carbocycles.